The van der Waals surface area contributed by atoms with Crippen molar-refractivity contribution in [1.82, 2.24) is 5.32 Å². The summed E-state index contributed by atoms with van der Waals surface area (Å²) >= 11 is 0. The Morgan fingerprint density at radius 3 is 2.62 bits per heavy atom. The summed E-state index contributed by atoms with van der Waals surface area (Å²) in [6, 6.07) is 8.49. The van der Waals surface area contributed by atoms with Gasteiger partial charge in [-0.25, -0.2) is 0 Å². The highest BCUT2D eigenvalue weighted by Crippen LogP contribution is 2.27. The molecule has 2 unspecified atom stereocenters. The number of rotatable bonds is 8. The number of para-hydroxylation sites is 1. The van der Waals surface area contributed by atoms with Gasteiger partial charge in [-0.1, -0.05) is 25.1 Å². The standard InChI is InChI=1S/C16H22N2O3/c1-2-14(15(20)16(21)17-10-12-8-9-12)18(11-19)13-6-4-3-5-7-13/h3-7,11-12,14-15,20H,2,8-10H2,1H3,(H,17,21). The highest BCUT2D eigenvalue weighted by atomic mass is 16.3. The molecule has 0 aromatic heterocycles. The van der Waals surface area contributed by atoms with Gasteiger partial charge >= 0.3 is 0 Å². The van der Waals surface area contributed by atoms with Gasteiger partial charge < -0.3 is 15.3 Å². The van der Waals surface area contributed by atoms with Crippen molar-refractivity contribution in [2.75, 3.05) is 11.4 Å². The fraction of sp³-hybridized carbons (Fsp3) is 0.500. The quantitative estimate of drug-likeness (QED) is 0.709. The van der Waals surface area contributed by atoms with E-state index in [1.165, 1.54) is 4.90 Å². The third kappa shape index (κ3) is 4.04. The van der Waals surface area contributed by atoms with Gasteiger partial charge in [-0.2, -0.15) is 0 Å². The van der Waals surface area contributed by atoms with Gasteiger partial charge in [-0.15, -0.1) is 0 Å². The van der Waals surface area contributed by atoms with Crippen LogP contribution in [0.4, 0.5) is 5.69 Å². The molecular weight excluding hydrogens is 268 g/mol. The molecule has 1 aromatic carbocycles. The summed E-state index contributed by atoms with van der Waals surface area (Å²) in [5, 5.41) is 13.0. The number of carbonyl (C=O) groups is 2. The molecule has 2 atom stereocenters. The molecule has 2 N–H and O–H groups in total. The summed E-state index contributed by atoms with van der Waals surface area (Å²) in [5.41, 5.74) is 0.674. The number of anilines is 1. The third-order valence-electron chi connectivity index (χ3n) is 3.84. The van der Waals surface area contributed by atoms with E-state index in [9.17, 15) is 14.7 Å². The first-order valence-electron chi connectivity index (χ1n) is 7.41. The minimum atomic E-state index is -1.22. The number of carbonyl (C=O) groups excluding carboxylic acids is 2. The van der Waals surface area contributed by atoms with Crippen molar-refractivity contribution >= 4 is 18.0 Å². The number of hydrogen-bond acceptors (Lipinski definition) is 3. The van der Waals surface area contributed by atoms with E-state index in [2.05, 4.69) is 5.32 Å². The zero-order valence-electron chi connectivity index (χ0n) is 12.2. The number of nitrogens with zero attached hydrogens (tertiary/aromatic N) is 1. The first kappa shape index (κ1) is 15.5. The summed E-state index contributed by atoms with van der Waals surface area (Å²) in [5.74, 6) is 0.147. The van der Waals surface area contributed by atoms with Crippen molar-refractivity contribution < 1.29 is 14.7 Å². The van der Waals surface area contributed by atoms with Crippen LogP contribution in [0.1, 0.15) is 26.2 Å². The zero-order chi connectivity index (χ0) is 15.2. The largest absolute Gasteiger partial charge is 0.381 e. The second-order valence-electron chi connectivity index (χ2n) is 5.46. The number of aliphatic hydroxyl groups is 1. The van der Waals surface area contributed by atoms with E-state index in [1.807, 2.05) is 25.1 Å². The summed E-state index contributed by atoms with van der Waals surface area (Å²) in [7, 11) is 0. The molecule has 114 valence electrons. The van der Waals surface area contributed by atoms with E-state index in [0.717, 1.165) is 12.8 Å². The molecule has 0 heterocycles. The Morgan fingerprint density at radius 2 is 2.10 bits per heavy atom. The maximum absolute atomic E-state index is 12.0. The minimum absolute atomic E-state index is 0.406. The highest BCUT2D eigenvalue weighted by molar-refractivity contribution is 5.84. The van der Waals surface area contributed by atoms with Gasteiger partial charge in [0.15, 0.2) is 6.10 Å². The van der Waals surface area contributed by atoms with Crippen LogP contribution in [0.15, 0.2) is 30.3 Å². The number of hydrogen-bond donors (Lipinski definition) is 2. The Morgan fingerprint density at radius 1 is 1.43 bits per heavy atom. The van der Waals surface area contributed by atoms with Gasteiger partial charge in [0.25, 0.3) is 5.91 Å². The molecular formula is C16H22N2O3. The zero-order valence-corrected chi connectivity index (χ0v) is 12.2. The van der Waals surface area contributed by atoms with Crippen molar-refractivity contribution in [2.45, 2.75) is 38.3 Å². The molecule has 0 saturated heterocycles. The van der Waals surface area contributed by atoms with E-state index in [0.29, 0.717) is 31.0 Å². The van der Waals surface area contributed by atoms with E-state index in [4.69, 9.17) is 0 Å². The summed E-state index contributed by atoms with van der Waals surface area (Å²) in [6.07, 6.45) is 2.21. The SMILES string of the molecule is CCC(C(O)C(=O)NCC1CC1)N(C=O)c1ccccc1. The minimum Gasteiger partial charge on any atom is -0.381 e. The van der Waals surface area contributed by atoms with Crippen LogP contribution in [0.2, 0.25) is 0 Å². The topological polar surface area (TPSA) is 69.6 Å². The van der Waals surface area contributed by atoms with Gasteiger partial charge in [-0.3, -0.25) is 9.59 Å². The average molecular weight is 290 g/mol. The van der Waals surface area contributed by atoms with Crippen molar-refractivity contribution in [3.8, 4) is 0 Å². The number of nitrogens with one attached hydrogen (secondary N) is 1. The maximum Gasteiger partial charge on any atom is 0.251 e. The monoisotopic (exact) mass is 290 g/mol. The fourth-order valence-electron chi connectivity index (χ4n) is 2.35. The van der Waals surface area contributed by atoms with Crippen molar-refractivity contribution in [1.29, 1.82) is 0 Å². The molecule has 21 heavy (non-hydrogen) atoms. The molecule has 1 aliphatic carbocycles. The second kappa shape index (κ2) is 7.22. The molecule has 1 fully saturated rings. The van der Waals surface area contributed by atoms with Crippen molar-refractivity contribution in [2.24, 2.45) is 5.92 Å². The van der Waals surface area contributed by atoms with Crippen molar-refractivity contribution in [3.05, 3.63) is 30.3 Å². The van der Waals surface area contributed by atoms with Crippen LogP contribution in [0.25, 0.3) is 0 Å². The molecule has 0 bridgehead atoms. The Kier molecular flexibility index (Phi) is 5.33. The van der Waals surface area contributed by atoms with E-state index >= 15 is 0 Å². The van der Waals surface area contributed by atoms with E-state index < -0.39 is 18.1 Å². The fourth-order valence-corrected chi connectivity index (χ4v) is 2.35. The van der Waals surface area contributed by atoms with Crippen LogP contribution >= 0.6 is 0 Å². The van der Waals surface area contributed by atoms with E-state index in [-0.39, 0.29) is 0 Å². The number of aliphatic hydroxyl groups excluding tert-OH is 1. The van der Waals surface area contributed by atoms with Crippen LogP contribution in [-0.4, -0.2) is 36.1 Å². The smallest absolute Gasteiger partial charge is 0.251 e. The van der Waals surface area contributed by atoms with Gasteiger partial charge in [0.1, 0.15) is 0 Å². The molecule has 0 aliphatic heterocycles. The normalized spacial score (nSPS) is 16.9. The van der Waals surface area contributed by atoms with Gasteiger partial charge in [0.05, 0.1) is 6.04 Å². The lowest BCUT2D eigenvalue weighted by molar-refractivity contribution is -0.130. The first-order valence-corrected chi connectivity index (χ1v) is 7.41. The van der Waals surface area contributed by atoms with Crippen LogP contribution in [0.5, 0.6) is 0 Å². The average Bonchev–Trinajstić information content (AvgIpc) is 3.34. The predicted molar refractivity (Wildman–Crippen MR) is 80.8 cm³/mol. The maximum atomic E-state index is 12.0. The van der Waals surface area contributed by atoms with Crippen LogP contribution in [0.3, 0.4) is 0 Å². The molecule has 1 saturated carbocycles. The molecule has 1 aliphatic rings. The molecule has 2 rings (SSSR count). The Labute approximate surface area is 125 Å². The lowest BCUT2D eigenvalue weighted by atomic mass is 10.0. The van der Waals surface area contributed by atoms with Crippen LogP contribution in [-0.2, 0) is 9.59 Å². The Bertz CT molecular complexity index is 474. The van der Waals surface area contributed by atoms with E-state index in [1.54, 1.807) is 12.1 Å². The molecule has 1 aromatic rings. The molecule has 2 amide bonds. The van der Waals surface area contributed by atoms with Gasteiger partial charge in [0.2, 0.25) is 6.41 Å². The lowest BCUT2D eigenvalue weighted by Gasteiger charge is -2.30. The van der Waals surface area contributed by atoms with Crippen LogP contribution < -0.4 is 10.2 Å². The molecule has 5 heteroatoms. The van der Waals surface area contributed by atoms with Crippen LogP contribution in [0, 0.1) is 5.92 Å². The second-order valence-corrected chi connectivity index (χ2v) is 5.46. The summed E-state index contributed by atoms with van der Waals surface area (Å²) in [4.78, 5) is 24.8. The van der Waals surface area contributed by atoms with Gasteiger partial charge in [0, 0.05) is 12.2 Å². The number of amides is 2. The lowest BCUT2D eigenvalue weighted by Crippen LogP contribution is -2.50. The summed E-state index contributed by atoms with van der Waals surface area (Å²) in [6.45, 7) is 2.46. The van der Waals surface area contributed by atoms with Gasteiger partial charge in [-0.05, 0) is 37.3 Å². The highest BCUT2D eigenvalue weighted by Gasteiger charge is 2.31. The Balaban J connectivity index is 2.04. The predicted octanol–water partition coefficient (Wildman–Crippen LogP) is 1.32. The molecule has 0 radical (unpaired) electrons. The Hall–Kier alpha value is -1.88. The molecule has 0 spiro atoms. The number of benzene rings is 1. The summed E-state index contributed by atoms with van der Waals surface area (Å²) < 4.78 is 0. The van der Waals surface area contributed by atoms with Crippen molar-refractivity contribution in [3.63, 3.8) is 0 Å². The third-order valence-corrected chi connectivity index (χ3v) is 3.84. The first-order chi connectivity index (χ1) is 10.2. The molecule has 5 nitrogen and oxygen atoms in total.